The Morgan fingerprint density at radius 3 is 2.88 bits per heavy atom. The van der Waals surface area contributed by atoms with Crippen molar-refractivity contribution in [1.29, 1.82) is 0 Å². The first-order valence-corrected chi connectivity index (χ1v) is 6.10. The van der Waals surface area contributed by atoms with E-state index in [0.717, 1.165) is 18.6 Å². The molecule has 3 N–H and O–H groups in total. The summed E-state index contributed by atoms with van der Waals surface area (Å²) in [5, 5.41) is 0. The van der Waals surface area contributed by atoms with E-state index in [9.17, 15) is 0 Å². The fourth-order valence-electron chi connectivity index (χ4n) is 2.31. The number of hydrazine groups is 1. The predicted molar refractivity (Wildman–Crippen MR) is 64.6 cm³/mol. The molecule has 3 nitrogen and oxygen atoms in total. The number of allylic oxidation sites excluding steroid dienone is 1. The Kier molecular flexibility index (Phi) is 4.19. The standard InChI is InChI=1S/C13H20N2O/c14-15-13(12-9-6-10-16-12)11-7-4-2-1-3-5-8-11/h6-7,9-10,13,15H,1-5,8,14H2/b11-7+. The van der Waals surface area contributed by atoms with Gasteiger partial charge in [0.25, 0.3) is 0 Å². The highest BCUT2D eigenvalue weighted by Crippen LogP contribution is 2.28. The highest BCUT2D eigenvalue weighted by Gasteiger charge is 2.17. The van der Waals surface area contributed by atoms with Crippen molar-refractivity contribution in [3.63, 3.8) is 0 Å². The molecule has 0 spiro atoms. The summed E-state index contributed by atoms with van der Waals surface area (Å²) in [5.74, 6) is 6.55. The van der Waals surface area contributed by atoms with Crippen LogP contribution in [0.15, 0.2) is 34.5 Å². The van der Waals surface area contributed by atoms with E-state index in [4.69, 9.17) is 10.3 Å². The summed E-state index contributed by atoms with van der Waals surface area (Å²) in [4.78, 5) is 0. The summed E-state index contributed by atoms with van der Waals surface area (Å²) in [5.41, 5.74) is 4.23. The van der Waals surface area contributed by atoms with Gasteiger partial charge in [-0.2, -0.15) is 0 Å². The fourth-order valence-corrected chi connectivity index (χ4v) is 2.31. The molecule has 2 rings (SSSR count). The molecule has 0 aromatic carbocycles. The number of furan rings is 1. The molecule has 0 saturated heterocycles. The van der Waals surface area contributed by atoms with Gasteiger partial charge in [0.1, 0.15) is 5.76 Å². The summed E-state index contributed by atoms with van der Waals surface area (Å²) in [6.45, 7) is 0. The second-order valence-corrected chi connectivity index (χ2v) is 4.35. The second kappa shape index (κ2) is 5.87. The van der Waals surface area contributed by atoms with Gasteiger partial charge in [0, 0.05) is 0 Å². The van der Waals surface area contributed by atoms with E-state index in [2.05, 4.69) is 11.5 Å². The van der Waals surface area contributed by atoms with E-state index in [1.54, 1.807) is 6.26 Å². The molecule has 1 atom stereocenters. The van der Waals surface area contributed by atoms with Gasteiger partial charge in [-0.25, -0.2) is 5.43 Å². The molecule has 0 amide bonds. The molecular formula is C13H20N2O. The predicted octanol–water partition coefficient (Wildman–Crippen LogP) is 3.06. The van der Waals surface area contributed by atoms with Gasteiger partial charge in [-0.05, 0) is 43.4 Å². The van der Waals surface area contributed by atoms with Gasteiger partial charge < -0.3 is 4.42 Å². The number of nitrogens with one attached hydrogen (secondary N) is 1. The lowest BCUT2D eigenvalue weighted by molar-refractivity contribution is 0.436. The number of hydrogen-bond acceptors (Lipinski definition) is 3. The Hall–Kier alpha value is -1.06. The third-order valence-electron chi connectivity index (χ3n) is 3.19. The van der Waals surface area contributed by atoms with Crippen molar-refractivity contribution in [2.24, 2.45) is 5.84 Å². The molecule has 0 fully saturated rings. The van der Waals surface area contributed by atoms with Crippen LogP contribution in [0.5, 0.6) is 0 Å². The number of rotatable bonds is 3. The third kappa shape index (κ3) is 2.74. The SMILES string of the molecule is NNC(/C1=C/CCCCCC1)c1ccco1. The topological polar surface area (TPSA) is 51.2 Å². The Balaban J connectivity index is 2.12. The molecule has 1 aromatic heterocycles. The van der Waals surface area contributed by atoms with Crippen molar-refractivity contribution < 1.29 is 4.42 Å². The molecular weight excluding hydrogens is 200 g/mol. The lowest BCUT2D eigenvalue weighted by atomic mass is 9.94. The summed E-state index contributed by atoms with van der Waals surface area (Å²) in [6, 6.07) is 3.93. The average molecular weight is 220 g/mol. The van der Waals surface area contributed by atoms with E-state index in [-0.39, 0.29) is 6.04 Å². The first-order chi connectivity index (χ1) is 7.92. The molecule has 1 heterocycles. The Labute approximate surface area is 96.7 Å². The minimum absolute atomic E-state index is 0.0492. The monoisotopic (exact) mass is 220 g/mol. The minimum atomic E-state index is 0.0492. The van der Waals surface area contributed by atoms with Crippen molar-refractivity contribution in [1.82, 2.24) is 5.43 Å². The zero-order valence-electron chi connectivity index (χ0n) is 9.61. The van der Waals surface area contributed by atoms with Crippen LogP contribution in [0, 0.1) is 0 Å². The van der Waals surface area contributed by atoms with E-state index >= 15 is 0 Å². The van der Waals surface area contributed by atoms with Gasteiger partial charge in [0.05, 0.1) is 12.3 Å². The smallest absolute Gasteiger partial charge is 0.126 e. The zero-order valence-corrected chi connectivity index (χ0v) is 9.61. The van der Waals surface area contributed by atoms with Crippen LogP contribution in [0.1, 0.15) is 50.3 Å². The van der Waals surface area contributed by atoms with Crippen LogP contribution in [0.4, 0.5) is 0 Å². The molecule has 3 heteroatoms. The van der Waals surface area contributed by atoms with Crippen LogP contribution in [0.2, 0.25) is 0 Å². The zero-order chi connectivity index (χ0) is 11.2. The van der Waals surface area contributed by atoms with E-state index in [1.165, 1.54) is 31.3 Å². The summed E-state index contributed by atoms with van der Waals surface area (Å²) >= 11 is 0. The van der Waals surface area contributed by atoms with Gasteiger partial charge in [-0.15, -0.1) is 0 Å². The highest BCUT2D eigenvalue weighted by atomic mass is 16.3. The van der Waals surface area contributed by atoms with Crippen LogP contribution >= 0.6 is 0 Å². The van der Waals surface area contributed by atoms with E-state index in [1.807, 2.05) is 12.1 Å². The number of nitrogens with two attached hydrogens (primary N) is 1. The molecule has 88 valence electrons. The van der Waals surface area contributed by atoms with Gasteiger partial charge >= 0.3 is 0 Å². The molecule has 1 aliphatic rings. The highest BCUT2D eigenvalue weighted by molar-refractivity contribution is 5.20. The largest absolute Gasteiger partial charge is 0.467 e. The van der Waals surface area contributed by atoms with Crippen molar-refractivity contribution in [2.45, 2.75) is 44.6 Å². The second-order valence-electron chi connectivity index (χ2n) is 4.35. The fraction of sp³-hybridized carbons (Fsp3) is 0.538. The number of hydrogen-bond donors (Lipinski definition) is 2. The Morgan fingerprint density at radius 1 is 1.25 bits per heavy atom. The Bertz CT molecular complexity index is 330. The van der Waals surface area contributed by atoms with E-state index in [0.29, 0.717) is 0 Å². The van der Waals surface area contributed by atoms with Gasteiger partial charge in [0.2, 0.25) is 0 Å². The third-order valence-corrected chi connectivity index (χ3v) is 3.19. The van der Waals surface area contributed by atoms with Crippen LogP contribution in [-0.2, 0) is 0 Å². The molecule has 0 aliphatic heterocycles. The lowest BCUT2D eigenvalue weighted by Crippen LogP contribution is -2.29. The maximum atomic E-state index is 5.63. The molecule has 0 bridgehead atoms. The van der Waals surface area contributed by atoms with Gasteiger partial charge in [-0.1, -0.05) is 18.9 Å². The maximum Gasteiger partial charge on any atom is 0.126 e. The molecule has 1 unspecified atom stereocenters. The van der Waals surface area contributed by atoms with Crippen LogP contribution in [0.3, 0.4) is 0 Å². The molecule has 16 heavy (non-hydrogen) atoms. The van der Waals surface area contributed by atoms with Crippen LogP contribution in [-0.4, -0.2) is 0 Å². The lowest BCUT2D eigenvalue weighted by Gasteiger charge is -2.19. The Morgan fingerprint density at radius 2 is 2.12 bits per heavy atom. The van der Waals surface area contributed by atoms with Crippen LogP contribution in [0.25, 0.3) is 0 Å². The van der Waals surface area contributed by atoms with Crippen molar-refractivity contribution in [3.8, 4) is 0 Å². The van der Waals surface area contributed by atoms with Gasteiger partial charge in [0.15, 0.2) is 0 Å². The summed E-state index contributed by atoms with van der Waals surface area (Å²) in [6.07, 6.45) is 11.5. The normalized spacial score (nSPS) is 22.9. The first-order valence-electron chi connectivity index (χ1n) is 6.10. The summed E-state index contributed by atoms with van der Waals surface area (Å²) in [7, 11) is 0. The first kappa shape index (κ1) is 11.4. The van der Waals surface area contributed by atoms with E-state index < -0.39 is 0 Å². The van der Waals surface area contributed by atoms with Crippen molar-refractivity contribution in [2.75, 3.05) is 0 Å². The molecule has 1 aromatic rings. The molecule has 0 saturated carbocycles. The van der Waals surface area contributed by atoms with Crippen molar-refractivity contribution in [3.05, 3.63) is 35.8 Å². The van der Waals surface area contributed by atoms with Crippen molar-refractivity contribution >= 4 is 0 Å². The van der Waals surface area contributed by atoms with Gasteiger partial charge in [-0.3, -0.25) is 5.84 Å². The summed E-state index contributed by atoms with van der Waals surface area (Å²) < 4.78 is 5.43. The minimum Gasteiger partial charge on any atom is -0.467 e. The maximum absolute atomic E-state index is 5.63. The van der Waals surface area contributed by atoms with Crippen LogP contribution < -0.4 is 11.3 Å². The molecule has 0 radical (unpaired) electrons. The average Bonchev–Trinajstić information content (AvgIpc) is 2.75. The molecule has 1 aliphatic carbocycles. The quantitative estimate of drug-likeness (QED) is 0.467.